The second-order valence-corrected chi connectivity index (χ2v) is 8.43. The van der Waals surface area contributed by atoms with Crippen molar-refractivity contribution in [1.29, 1.82) is 0 Å². The number of piperidine rings is 1. The molecule has 0 bridgehead atoms. The number of likely N-dealkylation sites (tertiary alicyclic amines) is 1. The standard InChI is InChI=1S/C21H41N3O3/c1-4-5-6-7-9-12-18(16-24-13-10-8-11-14-24)22-20(25)19(15-17(2)3)21(26)23-27/h17-19,27H,4-16H2,1-3H3,(H,22,25)(H,23,26). The van der Waals surface area contributed by atoms with Crippen molar-refractivity contribution in [2.24, 2.45) is 11.8 Å². The molecule has 0 aromatic carbocycles. The second-order valence-electron chi connectivity index (χ2n) is 8.43. The van der Waals surface area contributed by atoms with Crippen molar-refractivity contribution in [2.75, 3.05) is 19.6 Å². The van der Waals surface area contributed by atoms with Crippen molar-refractivity contribution in [2.45, 2.75) is 91.0 Å². The normalized spacial score (nSPS) is 17.5. The van der Waals surface area contributed by atoms with E-state index in [9.17, 15) is 9.59 Å². The van der Waals surface area contributed by atoms with Gasteiger partial charge >= 0.3 is 0 Å². The molecule has 3 N–H and O–H groups in total. The minimum Gasteiger partial charge on any atom is -0.351 e. The Kier molecular flexibility index (Phi) is 12.3. The number of hydroxylamine groups is 1. The SMILES string of the molecule is CCCCCCCC(CN1CCCCC1)NC(=O)C(CC(C)C)C(=O)NO. The van der Waals surface area contributed by atoms with Gasteiger partial charge in [-0.1, -0.05) is 59.3 Å². The summed E-state index contributed by atoms with van der Waals surface area (Å²) in [6.45, 7) is 9.20. The largest absolute Gasteiger partial charge is 0.351 e. The highest BCUT2D eigenvalue weighted by molar-refractivity contribution is 5.99. The van der Waals surface area contributed by atoms with Crippen LogP contribution in [0.15, 0.2) is 0 Å². The Labute approximate surface area is 165 Å². The number of carbonyl (C=O) groups is 2. The Hall–Kier alpha value is -1.14. The fourth-order valence-electron chi connectivity index (χ4n) is 3.84. The smallest absolute Gasteiger partial charge is 0.255 e. The van der Waals surface area contributed by atoms with Crippen LogP contribution in [0.2, 0.25) is 0 Å². The van der Waals surface area contributed by atoms with Crippen molar-refractivity contribution >= 4 is 11.8 Å². The molecule has 2 atom stereocenters. The highest BCUT2D eigenvalue weighted by atomic mass is 16.5. The summed E-state index contributed by atoms with van der Waals surface area (Å²) in [6.07, 6.45) is 11.1. The number of nitrogens with zero attached hydrogens (tertiary/aromatic N) is 1. The van der Waals surface area contributed by atoms with Crippen LogP contribution in [0, 0.1) is 11.8 Å². The van der Waals surface area contributed by atoms with Gasteiger partial charge < -0.3 is 10.2 Å². The van der Waals surface area contributed by atoms with Crippen LogP contribution in [0.5, 0.6) is 0 Å². The predicted molar refractivity (Wildman–Crippen MR) is 108 cm³/mol. The topological polar surface area (TPSA) is 81.7 Å². The molecule has 1 aliphatic rings. The molecule has 158 valence electrons. The summed E-state index contributed by atoms with van der Waals surface area (Å²) < 4.78 is 0. The fourth-order valence-corrected chi connectivity index (χ4v) is 3.84. The first-order chi connectivity index (χ1) is 13.0. The minimum absolute atomic E-state index is 0.0679. The molecule has 2 amide bonds. The molecule has 6 heteroatoms. The number of carbonyl (C=O) groups excluding carboxylic acids is 2. The van der Waals surface area contributed by atoms with Gasteiger partial charge in [-0.3, -0.25) is 14.8 Å². The molecule has 0 aliphatic carbocycles. The van der Waals surface area contributed by atoms with Crippen molar-refractivity contribution in [3.8, 4) is 0 Å². The first kappa shape index (κ1) is 23.9. The molecule has 0 aromatic heterocycles. The highest BCUT2D eigenvalue weighted by Crippen LogP contribution is 2.16. The summed E-state index contributed by atoms with van der Waals surface area (Å²) in [6, 6.07) is 0.0679. The molecule has 27 heavy (non-hydrogen) atoms. The lowest BCUT2D eigenvalue weighted by atomic mass is 9.95. The summed E-state index contributed by atoms with van der Waals surface area (Å²) >= 11 is 0. The second kappa shape index (κ2) is 13.9. The van der Waals surface area contributed by atoms with E-state index in [1.165, 1.54) is 44.9 Å². The van der Waals surface area contributed by atoms with Gasteiger partial charge in [-0.15, -0.1) is 0 Å². The zero-order valence-electron chi connectivity index (χ0n) is 17.6. The molecule has 0 spiro atoms. The molecule has 1 heterocycles. The van der Waals surface area contributed by atoms with Crippen molar-refractivity contribution in [3.63, 3.8) is 0 Å². The number of hydrogen-bond donors (Lipinski definition) is 3. The van der Waals surface area contributed by atoms with Gasteiger partial charge in [0, 0.05) is 12.6 Å². The van der Waals surface area contributed by atoms with Crippen LogP contribution in [-0.4, -0.2) is 47.6 Å². The van der Waals surface area contributed by atoms with E-state index in [1.807, 2.05) is 13.8 Å². The molecular weight excluding hydrogens is 342 g/mol. The molecular formula is C21H41N3O3. The van der Waals surface area contributed by atoms with E-state index in [1.54, 1.807) is 5.48 Å². The zero-order chi connectivity index (χ0) is 20.1. The maximum Gasteiger partial charge on any atom is 0.255 e. The molecule has 0 saturated carbocycles. The minimum atomic E-state index is -0.834. The van der Waals surface area contributed by atoms with E-state index in [-0.39, 0.29) is 17.9 Å². The predicted octanol–water partition coefficient (Wildman–Crippen LogP) is 3.49. The van der Waals surface area contributed by atoms with E-state index in [2.05, 4.69) is 17.1 Å². The summed E-state index contributed by atoms with van der Waals surface area (Å²) in [7, 11) is 0. The van der Waals surface area contributed by atoms with Crippen LogP contribution < -0.4 is 10.8 Å². The molecule has 1 saturated heterocycles. The van der Waals surface area contributed by atoms with Crippen molar-refractivity contribution in [1.82, 2.24) is 15.7 Å². The molecule has 6 nitrogen and oxygen atoms in total. The van der Waals surface area contributed by atoms with Crippen LogP contribution in [0.3, 0.4) is 0 Å². The maximum absolute atomic E-state index is 12.8. The zero-order valence-corrected chi connectivity index (χ0v) is 17.6. The maximum atomic E-state index is 12.8. The lowest BCUT2D eigenvalue weighted by Crippen LogP contribution is -2.49. The van der Waals surface area contributed by atoms with Gasteiger partial charge in [0.1, 0.15) is 5.92 Å². The van der Waals surface area contributed by atoms with Gasteiger partial charge in [0.05, 0.1) is 0 Å². The summed E-state index contributed by atoms with van der Waals surface area (Å²) in [5.74, 6) is -1.50. The van der Waals surface area contributed by atoms with E-state index < -0.39 is 11.8 Å². The van der Waals surface area contributed by atoms with Gasteiger partial charge in [-0.05, 0) is 44.7 Å². The molecule has 1 aliphatic heterocycles. The Morgan fingerprint density at radius 1 is 1.00 bits per heavy atom. The Morgan fingerprint density at radius 2 is 1.67 bits per heavy atom. The van der Waals surface area contributed by atoms with Crippen LogP contribution in [0.25, 0.3) is 0 Å². The van der Waals surface area contributed by atoms with Crippen molar-refractivity contribution in [3.05, 3.63) is 0 Å². The summed E-state index contributed by atoms with van der Waals surface area (Å²) in [5, 5.41) is 12.1. The van der Waals surface area contributed by atoms with Gasteiger partial charge in [-0.2, -0.15) is 0 Å². The van der Waals surface area contributed by atoms with E-state index >= 15 is 0 Å². The number of rotatable bonds is 13. The first-order valence-corrected chi connectivity index (χ1v) is 10.9. The first-order valence-electron chi connectivity index (χ1n) is 10.9. The third-order valence-corrected chi connectivity index (χ3v) is 5.38. The molecule has 1 fully saturated rings. The third-order valence-electron chi connectivity index (χ3n) is 5.38. The Morgan fingerprint density at radius 3 is 2.26 bits per heavy atom. The molecule has 0 aromatic rings. The Balaban J connectivity index is 2.64. The third kappa shape index (κ3) is 10.1. The monoisotopic (exact) mass is 383 g/mol. The van der Waals surface area contributed by atoms with Gasteiger partial charge in [-0.25, -0.2) is 5.48 Å². The lowest BCUT2D eigenvalue weighted by molar-refractivity contribution is -0.141. The van der Waals surface area contributed by atoms with Crippen LogP contribution in [0.4, 0.5) is 0 Å². The Bertz CT molecular complexity index is 423. The number of unbranched alkanes of at least 4 members (excludes halogenated alkanes) is 4. The molecule has 1 rings (SSSR count). The van der Waals surface area contributed by atoms with Crippen LogP contribution in [-0.2, 0) is 9.59 Å². The molecule has 2 unspecified atom stereocenters. The van der Waals surface area contributed by atoms with Gasteiger partial charge in [0.2, 0.25) is 5.91 Å². The fraction of sp³-hybridized carbons (Fsp3) is 0.905. The van der Waals surface area contributed by atoms with E-state index in [4.69, 9.17) is 5.21 Å². The summed E-state index contributed by atoms with van der Waals surface area (Å²) in [5.41, 5.74) is 1.66. The van der Waals surface area contributed by atoms with Crippen LogP contribution in [0.1, 0.15) is 85.0 Å². The lowest BCUT2D eigenvalue weighted by Gasteiger charge is -2.31. The van der Waals surface area contributed by atoms with Crippen molar-refractivity contribution < 1.29 is 14.8 Å². The quantitative estimate of drug-likeness (QED) is 0.197. The van der Waals surface area contributed by atoms with Gasteiger partial charge in [0.15, 0.2) is 0 Å². The number of nitrogens with one attached hydrogen (secondary N) is 2. The highest BCUT2D eigenvalue weighted by Gasteiger charge is 2.29. The summed E-state index contributed by atoms with van der Waals surface area (Å²) in [4.78, 5) is 27.2. The average Bonchev–Trinajstić information content (AvgIpc) is 2.65. The molecule has 0 radical (unpaired) electrons. The van der Waals surface area contributed by atoms with Gasteiger partial charge in [0.25, 0.3) is 5.91 Å². The van der Waals surface area contributed by atoms with Crippen LogP contribution >= 0.6 is 0 Å². The van der Waals surface area contributed by atoms with E-state index in [0.29, 0.717) is 6.42 Å². The average molecular weight is 384 g/mol. The number of hydrogen-bond acceptors (Lipinski definition) is 4. The number of amides is 2. The van der Waals surface area contributed by atoms with E-state index in [0.717, 1.165) is 32.5 Å².